The highest BCUT2D eigenvalue weighted by molar-refractivity contribution is 5.89. The normalized spacial score (nSPS) is 13.8. The van der Waals surface area contributed by atoms with Crippen LogP contribution in [0.25, 0.3) is 0 Å². The summed E-state index contributed by atoms with van der Waals surface area (Å²) in [6, 6.07) is 2.67. The van der Waals surface area contributed by atoms with Crippen LogP contribution < -0.4 is 15.5 Å². The Morgan fingerprint density at radius 2 is 1.88 bits per heavy atom. The zero-order valence-corrected chi connectivity index (χ0v) is 14.2. The van der Waals surface area contributed by atoms with E-state index < -0.39 is 29.2 Å². The molecular weight excluding hydrogens is 347 g/mol. The molecule has 2 N–H and O–H groups in total. The average Bonchev–Trinajstić information content (AvgIpc) is 3.15. The van der Waals surface area contributed by atoms with E-state index in [2.05, 4.69) is 25.5 Å². The Kier molecular flexibility index (Phi) is 5.24. The van der Waals surface area contributed by atoms with Crippen molar-refractivity contribution < 1.29 is 18.0 Å². The summed E-state index contributed by atoms with van der Waals surface area (Å²) < 4.78 is 39.7. The minimum Gasteiger partial charge on any atom is -0.341 e. The van der Waals surface area contributed by atoms with Crippen LogP contribution in [0.1, 0.15) is 24.2 Å². The molecule has 0 atom stereocenters. The van der Waals surface area contributed by atoms with Gasteiger partial charge in [0.15, 0.2) is 17.5 Å². The van der Waals surface area contributed by atoms with Gasteiger partial charge in [0.2, 0.25) is 5.95 Å². The lowest BCUT2D eigenvalue weighted by molar-refractivity contribution is 0.251. The van der Waals surface area contributed by atoms with Gasteiger partial charge in [0.25, 0.3) is 0 Å². The minimum absolute atomic E-state index is 0.0847. The summed E-state index contributed by atoms with van der Waals surface area (Å²) in [6.45, 7) is 3.71. The van der Waals surface area contributed by atoms with Crippen molar-refractivity contribution in [2.45, 2.75) is 26.3 Å². The molecule has 0 aliphatic carbocycles. The van der Waals surface area contributed by atoms with E-state index in [4.69, 9.17) is 0 Å². The molecule has 1 aliphatic heterocycles. The van der Waals surface area contributed by atoms with Crippen LogP contribution in [0, 0.1) is 24.4 Å². The number of halogens is 3. The van der Waals surface area contributed by atoms with Crippen LogP contribution in [-0.2, 0) is 6.54 Å². The number of hydrogen-bond acceptors (Lipinski definition) is 4. The highest BCUT2D eigenvalue weighted by Crippen LogP contribution is 2.19. The highest BCUT2D eigenvalue weighted by atomic mass is 19.2. The van der Waals surface area contributed by atoms with Gasteiger partial charge in [-0.15, -0.1) is 0 Å². The number of aryl methyl sites for hydroxylation is 1. The Labute approximate surface area is 148 Å². The van der Waals surface area contributed by atoms with Gasteiger partial charge < -0.3 is 15.5 Å². The Morgan fingerprint density at radius 1 is 1.15 bits per heavy atom. The lowest BCUT2D eigenvalue weighted by Gasteiger charge is -2.16. The fourth-order valence-electron chi connectivity index (χ4n) is 2.73. The zero-order valence-electron chi connectivity index (χ0n) is 14.2. The number of hydrogen-bond donors (Lipinski definition) is 2. The second-order valence-electron chi connectivity index (χ2n) is 6.03. The van der Waals surface area contributed by atoms with Gasteiger partial charge in [-0.25, -0.2) is 27.9 Å². The molecule has 6 nitrogen and oxygen atoms in total. The summed E-state index contributed by atoms with van der Waals surface area (Å²) in [5.41, 5.74) is 0.920. The van der Waals surface area contributed by atoms with E-state index in [0.29, 0.717) is 11.6 Å². The molecule has 0 saturated carbocycles. The van der Waals surface area contributed by atoms with E-state index in [1.54, 1.807) is 6.07 Å². The van der Waals surface area contributed by atoms with E-state index in [1.165, 1.54) is 0 Å². The molecule has 1 aromatic carbocycles. The van der Waals surface area contributed by atoms with Crippen molar-refractivity contribution in [2.75, 3.05) is 23.3 Å². The van der Waals surface area contributed by atoms with Crippen molar-refractivity contribution in [3.63, 3.8) is 0 Å². The molecule has 2 aromatic rings. The van der Waals surface area contributed by atoms with Crippen molar-refractivity contribution in [3.8, 4) is 0 Å². The number of rotatable bonds is 4. The van der Waals surface area contributed by atoms with E-state index in [1.807, 2.05) is 6.92 Å². The number of urea groups is 1. The molecule has 0 spiro atoms. The Hall–Kier alpha value is -2.84. The standard InChI is InChI=1S/C17H18F3N5O/c1-10-8-11(23-16(22-10)25-6-2-3-7-25)9-21-17(26)24-13-5-4-12(18)14(19)15(13)20/h4-5,8H,2-3,6-7,9H2,1H3,(H2,21,24,26). The fraction of sp³-hybridized carbons (Fsp3) is 0.353. The molecular formula is C17H18F3N5O. The number of carbonyl (C=O) groups excluding carboxylic acids is 1. The Bertz CT molecular complexity index is 824. The van der Waals surface area contributed by atoms with Gasteiger partial charge in [0.05, 0.1) is 17.9 Å². The maximum atomic E-state index is 13.6. The van der Waals surface area contributed by atoms with Gasteiger partial charge in [-0.3, -0.25) is 0 Å². The minimum atomic E-state index is -1.63. The third-order valence-corrected chi connectivity index (χ3v) is 4.00. The molecule has 9 heteroatoms. The van der Waals surface area contributed by atoms with Crippen LogP contribution in [0.2, 0.25) is 0 Å². The molecule has 0 unspecified atom stereocenters. The van der Waals surface area contributed by atoms with E-state index in [-0.39, 0.29) is 6.54 Å². The molecule has 1 saturated heterocycles. The SMILES string of the molecule is Cc1cc(CNC(=O)Nc2ccc(F)c(F)c2F)nc(N2CCCC2)n1. The Balaban J connectivity index is 1.63. The number of anilines is 2. The molecule has 138 valence electrons. The molecule has 1 aliphatic rings. The van der Waals surface area contributed by atoms with Crippen LogP contribution in [-0.4, -0.2) is 29.1 Å². The van der Waals surface area contributed by atoms with Gasteiger partial charge in [0, 0.05) is 18.8 Å². The maximum Gasteiger partial charge on any atom is 0.319 e. The van der Waals surface area contributed by atoms with Crippen LogP contribution >= 0.6 is 0 Å². The third-order valence-electron chi connectivity index (χ3n) is 4.00. The van der Waals surface area contributed by atoms with Crippen LogP contribution in [0.5, 0.6) is 0 Å². The van der Waals surface area contributed by atoms with Crippen molar-refractivity contribution in [1.82, 2.24) is 15.3 Å². The summed E-state index contributed by atoms with van der Waals surface area (Å²) in [6.07, 6.45) is 2.18. The first-order valence-corrected chi connectivity index (χ1v) is 8.22. The first kappa shape index (κ1) is 18.0. The number of nitrogens with zero attached hydrogens (tertiary/aromatic N) is 3. The van der Waals surface area contributed by atoms with E-state index in [9.17, 15) is 18.0 Å². The highest BCUT2D eigenvalue weighted by Gasteiger charge is 2.17. The molecule has 1 aromatic heterocycles. The topological polar surface area (TPSA) is 70.2 Å². The zero-order chi connectivity index (χ0) is 18.7. The van der Waals surface area contributed by atoms with Gasteiger partial charge in [-0.05, 0) is 38.0 Å². The van der Waals surface area contributed by atoms with Crippen LogP contribution in [0.4, 0.5) is 29.6 Å². The van der Waals surface area contributed by atoms with Crippen molar-refractivity contribution in [1.29, 1.82) is 0 Å². The molecule has 0 radical (unpaired) electrons. The molecule has 2 amide bonds. The third kappa shape index (κ3) is 4.04. The second-order valence-corrected chi connectivity index (χ2v) is 6.03. The van der Waals surface area contributed by atoms with Gasteiger partial charge >= 0.3 is 6.03 Å². The summed E-state index contributed by atoms with van der Waals surface area (Å²) >= 11 is 0. The summed E-state index contributed by atoms with van der Waals surface area (Å²) in [7, 11) is 0. The molecule has 2 heterocycles. The molecule has 26 heavy (non-hydrogen) atoms. The number of carbonyl (C=O) groups is 1. The number of amides is 2. The summed E-state index contributed by atoms with van der Waals surface area (Å²) in [4.78, 5) is 22.8. The average molecular weight is 365 g/mol. The second kappa shape index (κ2) is 7.59. The molecule has 1 fully saturated rings. The van der Waals surface area contributed by atoms with Crippen LogP contribution in [0.15, 0.2) is 18.2 Å². The predicted octanol–water partition coefficient (Wildman–Crippen LogP) is 3.12. The van der Waals surface area contributed by atoms with Crippen LogP contribution in [0.3, 0.4) is 0 Å². The molecule has 0 bridgehead atoms. The molecule has 3 rings (SSSR count). The first-order valence-electron chi connectivity index (χ1n) is 8.22. The number of aromatic nitrogens is 2. The van der Waals surface area contributed by atoms with Gasteiger partial charge in [0.1, 0.15) is 0 Å². The number of benzene rings is 1. The monoisotopic (exact) mass is 365 g/mol. The quantitative estimate of drug-likeness (QED) is 0.817. The fourth-order valence-corrected chi connectivity index (χ4v) is 2.73. The van der Waals surface area contributed by atoms with E-state index >= 15 is 0 Å². The first-order chi connectivity index (χ1) is 12.4. The maximum absolute atomic E-state index is 13.6. The predicted molar refractivity (Wildman–Crippen MR) is 90.4 cm³/mol. The number of nitrogens with one attached hydrogen (secondary N) is 2. The van der Waals surface area contributed by atoms with Crippen molar-refractivity contribution >= 4 is 17.7 Å². The van der Waals surface area contributed by atoms with Gasteiger partial charge in [-0.2, -0.15) is 0 Å². The van der Waals surface area contributed by atoms with E-state index in [0.717, 1.165) is 43.8 Å². The summed E-state index contributed by atoms with van der Waals surface area (Å²) in [5, 5.41) is 4.66. The van der Waals surface area contributed by atoms with Crippen molar-refractivity contribution in [3.05, 3.63) is 47.0 Å². The van der Waals surface area contributed by atoms with Crippen molar-refractivity contribution in [2.24, 2.45) is 0 Å². The Morgan fingerprint density at radius 3 is 2.62 bits per heavy atom. The largest absolute Gasteiger partial charge is 0.341 e. The van der Waals surface area contributed by atoms with Gasteiger partial charge in [-0.1, -0.05) is 0 Å². The smallest absolute Gasteiger partial charge is 0.319 e. The summed E-state index contributed by atoms with van der Waals surface area (Å²) in [5.74, 6) is -3.79. The lowest BCUT2D eigenvalue weighted by atomic mass is 10.3. The lowest BCUT2D eigenvalue weighted by Crippen LogP contribution is -2.29.